The van der Waals surface area contributed by atoms with Crippen molar-refractivity contribution in [3.63, 3.8) is 0 Å². The number of benzene rings is 2. The van der Waals surface area contributed by atoms with Crippen molar-refractivity contribution in [3.8, 4) is 5.75 Å². The second-order valence-electron chi connectivity index (χ2n) is 5.35. The lowest BCUT2D eigenvalue weighted by molar-refractivity contribution is 0.302. The molecule has 5 heteroatoms. The van der Waals surface area contributed by atoms with Crippen LogP contribution in [0.25, 0.3) is 0 Å². The molecule has 2 N–H and O–H groups in total. The van der Waals surface area contributed by atoms with E-state index >= 15 is 0 Å². The van der Waals surface area contributed by atoms with Crippen molar-refractivity contribution in [2.24, 2.45) is 0 Å². The summed E-state index contributed by atoms with van der Waals surface area (Å²) in [6, 6.07) is 18.4. The van der Waals surface area contributed by atoms with Crippen LogP contribution in [0.15, 0.2) is 54.6 Å². The van der Waals surface area contributed by atoms with E-state index in [1.807, 2.05) is 36.4 Å². The molecule has 0 aliphatic carbocycles. The van der Waals surface area contributed by atoms with Crippen molar-refractivity contribution >= 4 is 7.62 Å². The SMILES string of the molecule is COBNCCCNCc1ccccc1OCc1ccccc1. The Hall–Kier alpha value is -1.82. The third-order valence-corrected chi connectivity index (χ3v) is 3.48. The van der Waals surface area contributed by atoms with Gasteiger partial charge in [0.25, 0.3) is 0 Å². The molecule has 0 spiro atoms. The summed E-state index contributed by atoms with van der Waals surface area (Å²) in [5, 5.41) is 6.65. The van der Waals surface area contributed by atoms with Gasteiger partial charge >= 0.3 is 7.62 Å². The zero-order chi connectivity index (χ0) is 16.2. The Balaban J connectivity index is 1.74. The maximum atomic E-state index is 5.96. The molecule has 2 aromatic carbocycles. The van der Waals surface area contributed by atoms with Crippen LogP contribution >= 0.6 is 0 Å². The minimum absolute atomic E-state index is 0.596. The van der Waals surface area contributed by atoms with Gasteiger partial charge in [0.15, 0.2) is 0 Å². The Labute approximate surface area is 139 Å². The third-order valence-electron chi connectivity index (χ3n) is 3.48. The van der Waals surface area contributed by atoms with E-state index < -0.39 is 0 Å². The Morgan fingerprint density at radius 3 is 2.57 bits per heavy atom. The highest BCUT2D eigenvalue weighted by Crippen LogP contribution is 2.19. The molecule has 0 bridgehead atoms. The van der Waals surface area contributed by atoms with Gasteiger partial charge in [0, 0.05) is 19.2 Å². The standard InChI is InChI=1S/C18H25BN2O2/c1-22-19-21-13-7-12-20-14-17-10-5-6-11-18(17)23-15-16-8-3-2-4-9-16/h2-6,8-11,19-21H,7,12-15H2,1H3. The van der Waals surface area contributed by atoms with Crippen LogP contribution in [0.3, 0.4) is 0 Å². The zero-order valence-electron chi connectivity index (χ0n) is 13.8. The fraction of sp³-hybridized carbons (Fsp3) is 0.333. The summed E-state index contributed by atoms with van der Waals surface area (Å²) >= 11 is 0. The maximum Gasteiger partial charge on any atom is 0.360 e. The Morgan fingerprint density at radius 2 is 1.74 bits per heavy atom. The fourth-order valence-electron chi connectivity index (χ4n) is 2.26. The van der Waals surface area contributed by atoms with Crippen LogP contribution in [-0.4, -0.2) is 27.8 Å². The highest BCUT2D eigenvalue weighted by molar-refractivity contribution is 6.23. The lowest BCUT2D eigenvalue weighted by Gasteiger charge is -2.12. The van der Waals surface area contributed by atoms with E-state index in [1.54, 1.807) is 7.11 Å². The molecular weight excluding hydrogens is 287 g/mol. The second kappa shape index (κ2) is 10.8. The van der Waals surface area contributed by atoms with Gasteiger partial charge < -0.3 is 19.9 Å². The minimum atomic E-state index is 0.596. The average Bonchev–Trinajstić information content (AvgIpc) is 2.61. The first-order chi connectivity index (χ1) is 11.4. The molecule has 0 saturated carbocycles. The van der Waals surface area contributed by atoms with Gasteiger partial charge in [-0.3, -0.25) is 0 Å². The third kappa shape index (κ3) is 6.86. The molecule has 0 amide bonds. The highest BCUT2D eigenvalue weighted by atomic mass is 16.5. The summed E-state index contributed by atoms with van der Waals surface area (Å²) < 4.78 is 10.9. The molecule has 0 saturated heterocycles. The van der Waals surface area contributed by atoms with Gasteiger partial charge in [0.1, 0.15) is 12.4 Å². The van der Waals surface area contributed by atoms with E-state index in [9.17, 15) is 0 Å². The van der Waals surface area contributed by atoms with E-state index in [2.05, 4.69) is 28.7 Å². The van der Waals surface area contributed by atoms with Crippen LogP contribution in [0.5, 0.6) is 5.75 Å². The summed E-state index contributed by atoms with van der Waals surface area (Å²) in [7, 11) is 2.30. The van der Waals surface area contributed by atoms with Gasteiger partial charge in [-0.05, 0) is 31.1 Å². The number of rotatable bonds is 11. The first-order valence-corrected chi connectivity index (χ1v) is 8.05. The van der Waals surface area contributed by atoms with Crippen LogP contribution < -0.4 is 15.3 Å². The minimum Gasteiger partial charge on any atom is -0.489 e. The zero-order valence-corrected chi connectivity index (χ0v) is 13.8. The number of hydrogen-bond donors (Lipinski definition) is 2. The maximum absolute atomic E-state index is 5.96. The van der Waals surface area contributed by atoms with E-state index in [0.717, 1.165) is 31.8 Å². The largest absolute Gasteiger partial charge is 0.489 e. The van der Waals surface area contributed by atoms with Crippen molar-refractivity contribution in [2.75, 3.05) is 20.2 Å². The Kier molecular flexibility index (Phi) is 8.26. The first-order valence-electron chi connectivity index (χ1n) is 8.05. The van der Waals surface area contributed by atoms with Gasteiger partial charge in [-0.1, -0.05) is 48.5 Å². The summed E-state index contributed by atoms with van der Waals surface area (Å²) in [5.41, 5.74) is 2.37. The summed E-state index contributed by atoms with van der Waals surface area (Å²) in [6.45, 7) is 3.32. The molecule has 2 rings (SSSR count). The topological polar surface area (TPSA) is 42.5 Å². The van der Waals surface area contributed by atoms with Gasteiger partial charge in [-0.15, -0.1) is 0 Å². The second-order valence-corrected chi connectivity index (χ2v) is 5.35. The predicted octanol–water partition coefficient (Wildman–Crippen LogP) is 2.25. The van der Waals surface area contributed by atoms with Crippen LogP contribution in [0.4, 0.5) is 0 Å². The van der Waals surface area contributed by atoms with Crippen molar-refractivity contribution < 1.29 is 9.39 Å². The van der Waals surface area contributed by atoms with Crippen molar-refractivity contribution in [1.29, 1.82) is 0 Å². The normalized spacial score (nSPS) is 10.5. The molecule has 4 nitrogen and oxygen atoms in total. The lowest BCUT2D eigenvalue weighted by Crippen LogP contribution is -2.25. The fourth-order valence-corrected chi connectivity index (χ4v) is 2.26. The Bertz CT molecular complexity index is 552. The first kappa shape index (κ1) is 17.5. The van der Waals surface area contributed by atoms with Crippen LogP contribution in [0.2, 0.25) is 0 Å². The van der Waals surface area contributed by atoms with Crippen LogP contribution in [-0.2, 0) is 17.8 Å². The molecule has 23 heavy (non-hydrogen) atoms. The van der Waals surface area contributed by atoms with Gasteiger partial charge in [0.05, 0.1) is 0 Å². The lowest BCUT2D eigenvalue weighted by atomic mass is 10.2. The summed E-state index contributed by atoms with van der Waals surface area (Å²) in [5.74, 6) is 0.946. The monoisotopic (exact) mass is 312 g/mol. The molecule has 0 fully saturated rings. The number of hydrogen-bond acceptors (Lipinski definition) is 4. The molecule has 0 heterocycles. The summed E-state index contributed by atoms with van der Waals surface area (Å²) in [4.78, 5) is 0. The average molecular weight is 312 g/mol. The molecule has 2 aromatic rings. The Morgan fingerprint density at radius 1 is 0.957 bits per heavy atom. The molecule has 0 radical (unpaired) electrons. The van der Waals surface area contributed by atoms with Gasteiger partial charge in [0.2, 0.25) is 0 Å². The number of ether oxygens (including phenoxy) is 1. The molecule has 0 aliphatic heterocycles. The van der Waals surface area contributed by atoms with E-state index in [-0.39, 0.29) is 0 Å². The number of nitrogens with one attached hydrogen (secondary N) is 2. The molecule has 0 unspecified atom stereocenters. The highest BCUT2D eigenvalue weighted by Gasteiger charge is 2.03. The van der Waals surface area contributed by atoms with Crippen LogP contribution in [0, 0.1) is 0 Å². The van der Waals surface area contributed by atoms with Crippen molar-refractivity contribution in [3.05, 3.63) is 65.7 Å². The van der Waals surface area contributed by atoms with Gasteiger partial charge in [-0.2, -0.15) is 0 Å². The van der Waals surface area contributed by atoms with E-state index in [0.29, 0.717) is 14.2 Å². The molecule has 122 valence electrons. The smallest absolute Gasteiger partial charge is 0.360 e. The number of para-hydroxylation sites is 1. The molecular formula is C18H25BN2O2. The molecule has 0 aromatic heterocycles. The van der Waals surface area contributed by atoms with Crippen molar-refractivity contribution in [2.45, 2.75) is 19.6 Å². The molecule has 0 aliphatic rings. The summed E-state index contributed by atoms with van der Waals surface area (Å²) in [6.07, 6.45) is 1.07. The van der Waals surface area contributed by atoms with E-state index in [1.165, 1.54) is 11.1 Å². The van der Waals surface area contributed by atoms with Gasteiger partial charge in [-0.25, -0.2) is 0 Å². The molecule has 0 atom stereocenters. The van der Waals surface area contributed by atoms with Crippen molar-refractivity contribution in [1.82, 2.24) is 10.5 Å². The van der Waals surface area contributed by atoms with Crippen LogP contribution in [0.1, 0.15) is 17.5 Å². The predicted molar refractivity (Wildman–Crippen MR) is 95.7 cm³/mol. The van der Waals surface area contributed by atoms with E-state index in [4.69, 9.17) is 9.39 Å². The quantitative estimate of drug-likeness (QED) is 0.493.